The van der Waals surface area contributed by atoms with E-state index in [0.717, 1.165) is 43.7 Å². The van der Waals surface area contributed by atoms with Gasteiger partial charge in [-0.1, -0.05) is 30.3 Å². The summed E-state index contributed by atoms with van der Waals surface area (Å²) in [7, 11) is 0. The van der Waals surface area contributed by atoms with Crippen LogP contribution in [0.1, 0.15) is 54.5 Å². The number of aryl methyl sites for hydroxylation is 1. The van der Waals surface area contributed by atoms with Gasteiger partial charge in [0, 0.05) is 43.0 Å². The average molecular weight is 572 g/mol. The molecule has 1 aromatic heterocycles. The highest BCUT2D eigenvalue weighted by molar-refractivity contribution is 5.87. The molecule has 1 aliphatic rings. The molecule has 0 saturated carbocycles. The van der Waals surface area contributed by atoms with E-state index in [2.05, 4.69) is 47.2 Å². The Morgan fingerprint density at radius 2 is 1.69 bits per heavy atom. The number of benzene rings is 3. The van der Waals surface area contributed by atoms with Crippen molar-refractivity contribution in [3.63, 3.8) is 0 Å². The van der Waals surface area contributed by atoms with Gasteiger partial charge in [0.1, 0.15) is 17.2 Å². The van der Waals surface area contributed by atoms with Crippen molar-refractivity contribution in [1.82, 2.24) is 15.2 Å². The lowest BCUT2D eigenvalue weighted by Gasteiger charge is -2.42. The number of pyridine rings is 1. The van der Waals surface area contributed by atoms with Gasteiger partial charge in [0.2, 0.25) is 5.56 Å². The molecule has 1 aliphatic heterocycles. The van der Waals surface area contributed by atoms with Crippen LogP contribution >= 0.6 is 0 Å². The highest BCUT2D eigenvalue weighted by Gasteiger charge is 2.31. The molecule has 8 heteroatoms. The number of aliphatic hydroxyl groups excluding tert-OH is 1. The normalized spacial score (nSPS) is 14.8. The molecule has 0 spiro atoms. The molecule has 3 aromatic carbocycles. The first-order chi connectivity index (χ1) is 20.3. The Kier molecular flexibility index (Phi) is 9.47. The van der Waals surface area contributed by atoms with Crippen LogP contribution in [-0.2, 0) is 12.8 Å². The molecule has 222 valence electrons. The van der Waals surface area contributed by atoms with Crippen LogP contribution in [0.2, 0.25) is 0 Å². The third kappa shape index (κ3) is 7.13. The minimum atomic E-state index is -0.781. The molecule has 5 rings (SSSR count). The number of aliphatic hydroxyl groups is 1. The second-order valence-electron chi connectivity index (χ2n) is 11.5. The van der Waals surface area contributed by atoms with Gasteiger partial charge >= 0.3 is 0 Å². The van der Waals surface area contributed by atoms with Gasteiger partial charge in [-0.2, -0.15) is 0 Å². The zero-order valence-electron chi connectivity index (χ0n) is 24.3. The number of rotatable bonds is 13. The summed E-state index contributed by atoms with van der Waals surface area (Å²) in [5, 5.41) is 35.0. The Balaban J connectivity index is 1.02. The predicted molar refractivity (Wildman–Crippen MR) is 166 cm³/mol. The molecule has 0 bridgehead atoms. The van der Waals surface area contributed by atoms with E-state index >= 15 is 0 Å². The Morgan fingerprint density at radius 1 is 0.952 bits per heavy atom. The second-order valence-corrected chi connectivity index (χ2v) is 11.5. The number of aromatic amines is 1. The topological polar surface area (TPSA) is 118 Å². The van der Waals surface area contributed by atoms with Crippen LogP contribution in [0.5, 0.6) is 17.2 Å². The number of aromatic hydroxyl groups is 2. The van der Waals surface area contributed by atoms with Crippen molar-refractivity contribution >= 4 is 10.9 Å². The molecule has 0 amide bonds. The molecule has 2 heterocycles. The van der Waals surface area contributed by atoms with Crippen molar-refractivity contribution in [3.05, 3.63) is 99.3 Å². The highest BCUT2D eigenvalue weighted by atomic mass is 16.5. The van der Waals surface area contributed by atoms with E-state index in [1.165, 1.54) is 23.3 Å². The van der Waals surface area contributed by atoms with Crippen LogP contribution < -0.4 is 15.6 Å². The summed E-state index contributed by atoms with van der Waals surface area (Å²) in [4.78, 5) is 16.7. The van der Waals surface area contributed by atoms with Gasteiger partial charge in [0.25, 0.3) is 0 Å². The third-order valence-corrected chi connectivity index (χ3v) is 8.17. The molecule has 4 aromatic rings. The monoisotopic (exact) mass is 571 g/mol. The summed E-state index contributed by atoms with van der Waals surface area (Å²) >= 11 is 0. The quantitative estimate of drug-likeness (QED) is 0.149. The first-order valence-corrected chi connectivity index (χ1v) is 14.8. The smallest absolute Gasteiger partial charge is 0.248 e. The van der Waals surface area contributed by atoms with Gasteiger partial charge < -0.3 is 30.4 Å². The van der Waals surface area contributed by atoms with Crippen molar-refractivity contribution in [3.8, 4) is 17.2 Å². The van der Waals surface area contributed by atoms with Crippen LogP contribution in [0.25, 0.3) is 10.9 Å². The summed E-state index contributed by atoms with van der Waals surface area (Å²) in [6, 6.07) is 20.8. The Bertz CT molecular complexity index is 1540. The minimum Gasteiger partial charge on any atom is -0.508 e. The lowest BCUT2D eigenvalue weighted by Crippen LogP contribution is -2.48. The standard InChI is InChI=1S/C34H41N3O5/c1-22(2)37-20-25(21-37)29-18-24(7-12-30(29)38)4-3-17-42-26-8-5-23(6-9-26)15-16-35-19-32(40)27-10-13-31(39)34-28(27)11-14-33(41)36-34/h5-14,18,22,25,32,35,38-40H,3-4,15-17,19-21H2,1-2H3,(H,36,41). The summed E-state index contributed by atoms with van der Waals surface area (Å²) in [6.07, 6.45) is 1.82. The largest absolute Gasteiger partial charge is 0.508 e. The van der Waals surface area contributed by atoms with Crippen molar-refractivity contribution in [2.45, 2.75) is 51.2 Å². The molecule has 0 radical (unpaired) electrons. The van der Waals surface area contributed by atoms with E-state index < -0.39 is 6.10 Å². The number of hydrogen-bond acceptors (Lipinski definition) is 7. The summed E-state index contributed by atoms with van der Waals surface area (Å²) in [5.41, 5.74) is 4.14. The van der Waals surface area contributed by atoms with Gasteiger partial charge in [0.15, 0.2) is 0 Å². The highest BCUT2D eigenvalue weighted by Crippen LogP contribution is 2.35. The lowest BCUT2D eigenvalue weighted by atomic mass is 9.88. The number of ether oxygens (including phenoxy) is 1. The number of likely N-dealkylation sites (tertiary alicyclic amines) is 1. The molecule has 1 fully saturated rings. The van der Waals surface area contributed by atoms with Crippen LogP contribution in [0.4, 0.5) is 0 Å². The van der Waals surface area contributed by atoms with E-state index in [4.69, 9.17) is 4.74 Å². The van der Waals surface area contributed by atoms with Crippen LogP contribution in [0.3, 0.4) is 0 Å². The molecule has 5 N–H and O–H groups in total. The van der Waals surface area contributed by atoms with E-state index in [1.54, 1.807) is 12.1 Å². The van der Waals surface area contributed by atoms with Crippen molar-refractivity contribution in [2.24, 2.45) is 0 Å². The first-order valence-electron chi connectivity index (χ1n) is 14.8. The maximum absolute atomic E-state index is 11.6. The van der Waals surface area contributed by atoms with Crippen LogP contribution in [-0.4, -0.2) is 64.0 Å². The number of phenolic OH excluding ortho intramolecular Hbond substituents is 2. The van der Waals surface area contributed by atoms with E-state index in [1.807, 2.05) is 24.3 Å². The zero-order valence-corrected chi connectivity index (χ0v) is 24.3. The second kappa shape index (κ2) is 13.4. The molecular weight excluding hydrogens is 530 g/mol. The fraction of sp³-hybridized carbons (Fsp3) is 0.382. The molecule has 0 aliphatic carbocycles. The van der Waals surface area contributed by atoms with Crippen molar-refractivity contribution in [2.75, 3.05) is 32.8 Å². The number of phenols is 2. The van der Waals surface area contributed by atoms with Crippen LogP contribution in [0.15, 0.2) is 71.5 Å². The lowest BCUT2D eigenvalue weighted by molar-refractivity contribution is 0.108. The van der Waals surface area contributed by atoms with Gasteiger partial charge in [-0.25, -0.2) is 0 Å². The summed E-state index contributed by atoms with van der Waals surface area (Å²) in [5.74, 6) is 1.64. The van der Waals surface area contributed by atoms with Crippen molar-refractivity contribution < 1.29 is 20.1 Å². The molecular formula is C34H41N3O5. The predicted octanol–water partition coefficient (Wildman–Crippen LogP) is 4.62. The maximum Gasteiger partial charge on any atom is 0.248 e. The Hall–Kier alpha value is -3.85. The fourth-order valence-electron chi connectivity index (χ4n) is 5.57. The molecule has 1 saturated heterocycles. The maximum atomic E-state index is 11.6. The minimum absolute atomic E-state index is 0.0207. The fourth-order valence-corrected chi connectivity index (χ4v) is 5.57. The number of H-pyrrole nitrogens is 1. The number of fused-ring (bicyclic) bond motifs is 1. The van der Waals surface area contributed by atoms with Crippen LogP contribution in [0, 0.1) is 0 Å². The molecule has 1 unspecified atom stereocenters. The SMILES string of the molecule is CC(C)N1CC(c2cc(CCCOc3ccc(CCNCC(O)c4ccc(O)c5[nH]c(=O)ccc45)cc3)ccc2O)C1. The van der Waals surface area contributed by atoms with E-state index in [0.29, 0.717) is 53.9 Å². The van der Waals surface area contributed by atoms with Gasteiger partial charge in [-0.3, -0.25) is 9.69 Å². The average Bonchev–Trinajstić information content (AvgIpc) is 2.95. The summed E-state index contributed by atoms with van der Waals surface area (Å²) < 4.78 is 5.97. The van der Waals surface area contributed by atoms with Gasteiger partial charge in [0.05, 0.1) is 18.2 Å². The van der Waals surface area contributed by atoms with Gasteiger partial charge in [-0.15, -0.1) is 0 Å². The summed E-state index contributed by atoms with van der Waals surface area (Å²) in [6.45, 7) is 8.09. The van der Waals surface area contributed by atoms with Crippen molar-refractivity contribution in [1.29, 1.82) is 0 Å². The number of hydrogen-bond donors (Lipinski definition) is 5. The number of nitrogens with one attached hydrogen (secondary N) is 2. The first kappa shape index (κ1) is 29.6. The number of nitrogens with zero attached hydrogens (tertiary/aromatic N) is 1. The van der Waals surface area contributed by atoms with E-state index in [-0.39, 0.29) is 11.3 Å². The molecule has 42 heavy (non-hydrogen) atoms. The van der Waals surface area contributed by atoms with Gasteiger partial charge in [-0.05, 0) is 92.2 Å². The third-order valence-electron chi connectivity index (χ3n) is 8.17. The Morgan fingerprint density at radius 3 is 2.45 bits per heavy atom. The Labute approximate surface area is 246 Å². The molecule has 1 atom stereocenters. The number of aromatic nitrogens is 1. The zero-order chi connectivity index (χ0) is 29.6. The van der Waals surface area contributed by atoms with E-state index in [9.17, 15) is 20.1 Å². The molecule has 8 nitrogen and oxygen atoms in total.